The van der Waals surface area contributed by atoms with Gasteiger partial charge >= 0.3 is 0 Å². The highest BCUT2D eigenvalue weighted by atomic mass is 79.9. The van der Waals surface area contributed by atoms with Gasteiger partial charge in [0.15, 0.2) is 11.5 Å². The van der Waals surface area contributed by atoms with Crippen molar-refractivity contribution >= 4 is 33.7 Å². The zero-order valence-electron chi connectivity index (χ0n) is 14.0. The highest BCUT2D eigenvalue weighted by Crippen LogP contribution is 2.34. The Bertz CT molecular complexity index is 778. The molecule has 2 aromatic carbocycles. The molecule has 25 heavy (non-hydrogen) atoms. The molecule has 0 saturated heterocycles. The van der Waals surface area contributed by atoms with Crippen molar-refractivity contribution in [3.63, 3.8) is 0 Å². The number of anilines is 1. The summed E-state index contributed by atoms with van der Waals surface area (Å²) in [7, 11) is 0. The predicted octanol–water partition coefficient (Wildman–Crippen LogP) is 3.42. The number of hydrogen-bond donors (Lipinski definition) is 3. The van der Waals surface area contributed by atoms with E-state index in [9.17, 15) is 9.90 Å². The van der Waals surface area contributed by atoms with Gasteiger partial charge in [-0.05, 0) is 59.1 Å². The fourth-order valence-electron chi connectivity index (χ4n) is 2.10. The number of aromatic hydroxyl groups is 1. The van der Waals surface area contributed by atoms with E-state index < -0.39 is 0 Å². The molecule has 0 spiro atoms. The number of aryl methyl sites for hydroxylation is 1. The van der Waals surface area contributed by atoms with Crippen molar-refractivity contribution in [3.05, 3.63) is 52.0 Å². The summed E-state index contributed by atoms with van der Waals surface area (Å²) >= 11 is 3.26. The summed E-state index contributed by atoms with van der Waals surface area (Å²) in [5.74, 6) is 0.124. The lowest BCUT2D eigenvalue weighted by atomic mass is 10.2. The molecule has 0 fully saturated rings. The van der Waals surface area contributed by atoms with Crippen LogP contribution in [0.2, 0.25) is 0 Å². The zero-order chi connectivity index (χ0) is 18.2. The molecule has 7 heteroatoms. The number of phenolic OH excluding ortho intramolecular Hbond substituents is 1. The lowest BCUT2D eigenvalue weighted by molar-refractivity contribution is -0.119. The lowest BCUT2D eigenvalue weighted by Gasteiger charge is -2.09. The number of carbonyl (C=O) groups excluding carboxylic acids is 1. The average molecular weight is 406 g/mol. The van der Waals surface area contributed by atoms with Crippen LogP contribution in [0.4, 0.5) is 5.69 Å². The largest absolute Gasteiger partial charge is 0.503 e. The molecular weight excluding hydrogens is 386 g/mol. The number of rotatable bonds is 7. The number of halogens is 1. The van der Waals surface area contributed by atoms with E-state index in [1.165, 1.54) is 6.21 Å². The van der Waals surface area contributed by atoms with E-state index in [0.29, 0.717) is 22.4 Å². The molecule has 0 saturated carbocycles. The zero-order valence-corrected chi connectivity index (χ0v) is 15.6. The number of phenols is 1. The van der Waals surface area contributed by atoms with Gasteiger partial charge in [-0.1, -0.05) is 18.2 Å². The van der Waals surface area contributed by atoms with Crippen molar-refractivity contribution in [2.45, 2.75) is 13.8 Å². The third kappa shape index (κ3) is 5.49. The molecule has 2 rings (SSSR count). The fraction of sp³-hybridized carbons (Fsp3) is 0.222. The first-order chi connectivity index (χ1) is 12.0. The van der Waals surface area contributed by atoms with Gasteiger partial charge in [-0.25, -0.2) is 5.43 Å². The lowest BCUT2D eigenvalue weighted by Crippen LogP contribution is -2.26. The Morgan fingerprint density at radius 3 is 2.84 bits per heavy atom. The number of nitrogens with zero attached hydrogens (tertiary/aromatic N) is 1. The molecule has 0 bridgehead atoms. The Hall–Kier alpha value is -2.54. The average Bonchev–Trinajstić information content (AvgIpc) is 2.58. The second kappa shape index (κ2) is 9.08. The van der Waals surface area contributed by atoms with E-state index >= 15 is 0 Å². The van der Waals surface area contributed by atoms with Crippen molar-refractivity contribution in [2.75, 3.05) is 18.5 Å². The van der Waals surface area contributed by atoms with Crippen LogP contribution in [-0.4, -0.2) is 30.4 Å². The van der Waals surface area contributed by atoms with E-state index in [4.69, 9.17) is 4.74 Å². The second-order valence-electron chi connectivity index (χ2n) is 5.24. The molecule has 132 valence electrons. The van der Waals surface area contributed by atoms with Gasteiger partial charge in [0, 0.05) is 5.69 Å². The Balaban J connectivity index is 1.92. The summed E-state index contributed by atoms with van der Waals surface area (Å²) in [6.45, 7) is 4.35. The number of para-hydroxylation sites is 1. The van der Waals surface area contributed by atoms with E-state index in [2.05, 4.69) is 31.8 Å². The summed E-state index contributed by atoms with van der Waals surface area (Å²) in [6.07, 6.45) is 1.48. The molecule has 0 aliphatic heterocycles. The van der Waals surface area contributed by atoms with Gasteiger partial charge in [0.2, 0.25) is 0 Å². The molecule has 6 nitrogen and oxygen atoms in total. The molecule has 3 N–H and O–H groups in total. The summed E-state index contributed by atoms with van der Waals surface area (Å²) < 4.78 is 5.84. The fourth-order valence-corrected chi connectivity index (χ4v) is 2.56. The molecule has 0 aliphatic carbocycles. The quantitative estimate of drug-likeness (QED) is 0.486. The van der Waals surface area contributed by atoms with Crippen LogP contribution in [0.25, 0.3) is 0 Å². The normalized spacial score (nSPS) is 10.7. The molecule has 0 aliphatic rings. The highest BCUT2D eigenvalue weighted by Gasteiger charge is 2.08. The first-order valence-corrected chi connectivity index (χ1v) is 8.57. The maximum Gasteiger partial charge on any atom is 0.259 e. The van der Waals surface area contributed by atoms with Crippen LogP contribution in [-0.2, 0) is 4.79 Å². The molecule has 2 aromatic rings. The molecule has 0 heterocycles. The van der Waals surface area contributed by atoms with Crippen molar-refractivity contribution in [1.82, 2.24) is 5.43 Å². The molecule has 1 amide bonds. The molecule has 0 atom stereocenters. The van der Waals surface area contributed by atoms with E-state index in [0.717, 1.165) is 11.3 Å². The summed E-state index contributed by atoms with van der Waals surface area (Å²) in [5, 5.41) is 16.9. The van der Waals surface area contributed by atoms with Crippen LogP contribution in [0.5, 0.6) is 11.5 Å². The van der Waals surface area contributed by atoms with Gasteiger partial charge < -0.3 is 15.2 Å². The van der Waals surface area contributed by atoms with E-state index in [1.54, 1.807) is 12.1 Å². The number of amides is 1. The standard InChI is InChI=1S/C18H20BrN3O3/c1-3-25-16-9-13(8-14(19)18(16)24)10-21-22-17(23)11-20-15-7-5-4-6-12(15)2/h4-10,20,24H,3,11H2,1-2H3,(H,22,23)/b21-10+. The van der Waals surface area contributed by atoms with E-state index in [-0.39, 0.29) is 18.2 Å². The second-order valence-corrected chi connectivity index (χ2v) is 6.10. The number of hydrogen-bond acceptors (Lipinski definition) is 5. The van der Waals surface area contributed by atoms with Gasteiger partial charge in [0.1, 0.15) is 0 Å². The van der Waals surface area contributed by atoms with Crippen LogP contribution < -0.4 is 15.5 Å². The van der Waals surface area contributed by atoms with Crippen molar-refractivity contribution in [3.8, 4) is 11.5 Å². The Morgan fingerprint density at radius 2 is 2.12 bits per heavy atom. The third-order valence-corrected chi connectivity index (χ3v) is 3.94. The minimum atomic E-state index is -0.262. The first kappa shape index (κ1) is 18.8. The number of carbonyl (C=O) groups is 1. The summed E-state index contributed by atoms with van der Waals surface area (Å²) in [6, 6.07) is 11.1. The van der Waals surface area contributed by atoms with Crippen LogP contribution >= 0.6 is 15.9 Å². The molecule has 0 unspecified atom stereocenters. The maximum atomic E-state index is 11.8. The number of hydrazone groups is 1. The van der Waals surface area contributed by atoms with Gasteiger partial charge in [0.05, 0.1) is 23.8 Å². The number of nitrogens with one attached hydrogen (secondary N) is 2. The molecular formula is C18H20BrN3O3. The topological polar surface area (TPSA) is 83.0 Å². The first-order valence-electron chi connectivity index (χ1n) is 7.78. The van der Waals surface area contributed by atoms with Crippen molar-refractivity contribution < 1.29 is 14.6 Å². The Morgan fingerprint density at radius 1 is 1.36 bits per heavy atom. The maximum absolute atomic E-state index is 11.8. The van der Waals surface area contributed by atoms with Gasteiger partial charge in [-0.2, -0.15) is 5.10 Å². The monoisotopic (exact) mass is 405 g/mol. The third-order valence-electron chi connectivity index (χ3n) is 3.34. The van der Waals surface area contributed by atoms with Crippen molar-refractivity contribution in [2.24, 2.45) is 5.10 Å². The van der Waals surface area contributed by atoms with Crippen LogP contribution in [0.3, 0.4) is 0 Å². The minimum absolute atomic E-state index is 0.0328. The van der Waals surface area contributed by atoms with Crippen molar-refractivity contribution in [1.29, 1.82) is 0 Å². The Labute approximate surface area is 155 Å². The van der Waals surface area contributed by atoms with Crippen LogP contribution in [0.15, 0.2) is 46.0 Å². The van der Waals surface area contributed by atoms with Gasteiger partial charge in [0.25, 0.3) is 5.91 Å². The molecule has 0 aromatic heterocycles. The van der Waals surface area contributed by atoms with E-state index in [1.807, 2.05) is 38.1 Å². The number of benzene rings is 2. The summed E-state index contributed by atoms with van der Waals surface area (Å²) in [4.78, 5) is 11.8. The highest BCUT2D eigenvalue weighted by molar-refractivity contribution is 9.10. The van der Waals surface area contributed by atoms with Gasteiger partial charge in [-0.3, -0.25) is 4.79 Å². The Kier molecular flexibility index (Phi) is 6.82. The van der Waals surface area contributed by atoms with Crippen LogP contribution in [0.1, 0.15) is 18.1 Å². The summed E-state index contributed by atoms with van der Waals surface area (Å²) in [5.41, 5.74) is 5.11. The van der Waals surface area contributed by atoms with Gasteiger partial charge in [-0.15, -0.1) is 0 Å². The van der Waals surface area contributed by atoms with Crippen LogP contribution in [0, 0.1) is 6.92 Å². The number of ether oxygens (including phenoxy) is 1. The SMILES string of the molecule is CCOc1cc(/C=N/NC(=O)CNc2ccccc2C)cc(Br)c1O. The predicted molar refractivity (Wildman–Crippen MR) is 102 cm³/mol. The smallest absolute Gasteiger partial charge is 0.259 e. The minimum Gasteiger partial charge on any atom is -0.503 e. The molecule has 0 radical (unpaired) electrons.